The molecule has 0 radical (unpaired) electrons. The Balaban J connectivity index is 2.16. The van der Waals surface area contributed by atoms with Gasteiger partial charge in [-0.2, -0.15) is 0 Å². The predicted molar refractivity (Wildman–Crippen MR) is 77.1 cm³/mol. The number of morpholine rings is 1. The molecule has 3 rings (SSSR count). The standard InChI is InChI=1S/C13H15N3O2S/c1-8(17)12-11(14)10-9(2-3-15-13(10)19-12)16-4-6-18-7-5-16/h2-3H,4-7,14H2,1H3. The molecule has 0 aromatic carbocycles. The summed E-state index contributed by atoms with van der Waals surface area (Å²) in [5, 5.41) is 0.902. The maximum absolute atomic E-state index is 11.6. The highest BCUT2D eigenvalue weighted by molar-refractivity contribution is 7.21. The summed E-state index contributed by atoms with van der Waals surface area (Å²) in [6.45, 7) is 4.64. The number of Topliss-reactive ketones (excluding diaryl/α,β-unsaturated/α-hetero) is 1. The van der Waals surface area contributed by atoms with E-state index in [4.69, 9.17) is 10.5 Å². The predicted octanol–water partition coefficient (Wildman–Crippen LogP) is 1.92. The number of fused-ring (bicyclic) bond motifs is 1. The fraction of sp³-hybridized carbons (Fsp3) is 0.385. The maximum Gasteiger partial charge on any atom is 0.171 e. The van der Waals surface area contributed by atoms with E-state index < -0.39 is 0 Å². The van der Waals surface area contributed by atoms with Crippen molar-refractivity contribution in [2.75, 3.05) is 36.9 Å². The second kappa shape index (κ2) is 4.79. The van der Waals surface area contributed by atoms with Gasteiger partial charge >= 0.3 is 0 Å². The molecule has 0 amide bonds. The highest BCUT2D eigenvalue weighted by Crippen LogP contribution is 2.38. The first kappa shape index (κ1) is 12.4. The van der Waals surface area contributed by atoms with Crippen LogP contribution in [0.1, 0.15) is 16.6 Å². The largest absolute Gasteiger partial charge is 0.397 e. The number of carbonyl (C=O) groups is 1. The number of nitrogens with zero attached hydrogens (tertiary/aromatic N) is 2. The molecule has 3 heterocycles. The quantitative estimate of drug-likeness (QED) is 0.849. The Hall–Kier alpha value is -1.66. The summed E-state index contributed by atoms with van der Waals surface area (Å²) in [6.07, 6.45) is 1.77. The SMILES string of the molecule is CC(=O)c1sc2nccc(N3CCOCC3)c2c1N. The zero-order valence-electron chi connectivity index (χ0n) is 10.7. The molecule has 1 saturated heterocycles. The highest BCUT2D eigenvalue weighted by atomic mass is 32.1. The molecule has 0 saturated carbocycles. The number of ketones is 1. The van der Waals surface area contributed by atoms with E-state index in [2.05, 4.69) is 9.88 Å². The summed E-state index contributed by atoms with van der Waals surface area (Å²) >= 11 is 1.37. The second-order valence-corrected chi connectivity index (χ2v) is 5.51. The number of aromatic nitrogens is 1. The Morgan fingerprint density at radius 2 is 2.21 bits per heavy atom. The van der Waals surface area contributed by atoms with Crippen LogP contribution in [0, 0.1) is 0 Å². The summed E-state index contributed by atoms with van der Waals surface area (Å²) < 4.78 is 5.37. The van der Waals surface area contributed by atoms with Crippen LogP contribution < -0.4 is 10.6 Å². The van der Waals surface area contributed by atoms with Gasteiger partial charge in [0.05, 0.1) is 34.9 Å². The average molecular weight is 277 g/mol. The number of hydrogen-bond donors (Lipinski definition) is 1. The first-order valence-electron chi connectivity index (χ1n) is 6.19. The molecule has 0 spiro atoms. The number of nitrogens with two attached hydrogens (primary N) is 1. The molecule has 6 heteroatoms. The molecule has 1 aliphatic rings. The number of pyridine rings is 1. The lowest BCUT2D eigenvalue weighted by molar-refractivity contribution is 0.102. The van der Waals surface area contributed by atoms with Gasteiger partial charge in [0.25, 0.3) is 0 Å². The highest BCUT2D eigenvalue weighted by Gasteiger charge is 2.20. The van der Waals surface area contributed by atoms with E-state index in [-0.39, 0.29) is 5.78 Å². The summed E-state index contributed by atoms with van der Waals surface area (Å²) in [5.74, 6) is -0.00609. The minimum Gasteiger partial charge on any atom is -0.397 e. The molecule has 2 N–H and O–H groups in total. The number of rotatable bonds is 2. The molecule has 0 unspecified atom stereocenters. The zero-order valence-corrected chi connectivity index (χ0v) is 11.5. The van der Waals surface area contributed by atoms with E-state index in [9.17, 15) is 4.79 Å². The molecule has 1 aliphatic heterocycles. The minimum absolute atomic E-state index is 0.00609. The Morgan fingerprint density at radius 1 is 1.47 bits per heavy atom. The molecule has 0 aliphatic carbocycles. The topological polar surface area (TPSA) is 68.5 Å². The third-order valence-electron chi connectivity index (χ3n) is 3.28. The van der Waals surface area contributed by atoms with Gasteiger partial charge in [-0.1, -0.05) is 0 Å². The van der Waals surface area contributed by atoms with Crippen LogP contribution in [-0.2, 0) is 4.74 Å². The van der Waals surface area contributed by atoms with Crippen LogP contribution in [0.25, 0.3) is 10.2 Å². The molecule has 19 heavy (non-hydrogen) atoms. The van der Waals surface area contributed by atoms with Crippen LogP contribution in [0.3, 0.4) is 0 Å². The van der Waals surface area contributed by atoms with Gasteiger partial charge < -0.3 is 15.4 Å². The van der Waals surface area contributed by atoms with Gasteiger partial charge in [-0.15, -0.1) is 11.3 Å². The first-order valence-corrected chi connectivity index (χ1v) is 7.00. The number of anilines is 2. The fourth-order valence-electron chi connectivity index (χ4n) is 2.36. The van der Waals surface area contributed by atoms with Crippen LogP contribution in [0.5, 0.6) is 0 Å². The number of nitrogen functional groups attached to an aromatic ring is 1. The molecule has 0 bridgehead atoms. The number of carbonyl (C=O) groups excluding carboxylic acids is 1. The van der Waals surface area contributed by atoms with Gasteiger partial charge in [-0.3, -0.25) is 4.79 Å². The monoisotopic (exact) mass is 277 g/mol. The van der Waals surface area contributed by atoms with Gasteiger partial charge in [-0.05, 0) is 6.07 Å². The normalized spacial score (nSPS) is 15.9. The van der Waals surface area contributed by atoms with Crippen molar-refractivity contribution in [2.45, 2.75) is 6.92 Å². The number of hydrogen-bond acceptors (Lipinski definition) is 6. The molecular formula is C13H15N3O2S. The third kappa shape index (κ3) is 2.06. The molecule has 1 fully saturated rings. The lowest BCUT2D eigenvalue weighted by Crippen LogP contribution is -2.36. The summed E-state index contributed by atoms with van der Waals surface area (Å²) in [6, 6.07) is 1.96. The molecule has 100 valence electrons. The Kier molecular flexibility index (Phi) is 3.12. The van der Waals surface area contributed by atoms with Gasteiger partial charge in [0.15, 0.2) is 5.78 Å². The van der Waals surface area contributed by atoms with Crippen molar-refractivity contribution in [3.8, 4) is 0 Å². The van der Waals surface area contributed by atoms with E-state index in [1.165, 1.54) is 18.3 Å². The second-order valence-electron chi connectivity index (χ2n) is 4.51. The van der Waals surface area contributed by atoms with E-state index in [0.717, 1.165) is 29.0 Å². The maximum atomic E-state index is 11.6. The summed E-state index contributed by atoms with van der Waals surface area (Å²) in [5.41, 5.74) is 7.75. The Morgan fingerprint density at radius 3 is 2.89 bits per heavy atom. The first-order chi connectivity index (χ1) is 9.18. The van der Waals surface area contributed by atoms with Crippen molar-refractivity contribution >= 4 is 38.7 Å². The lowest BCUT2D eigenvalue weighted by atomic mass is 10.2. The molecule has 5 nitrogen and oxygen atoms in total. The molecule has 2 aromatic heterocycles. The van der Waals surface area contributed by atoms with Crippen molar-refractivity contribution in [2.24, 2.45) is 0 Å². The average Bonchev–Trinajstić information content (AvgIpc) is 2.78. The fourth-order valence-corrected chi connectivity index (χ4v) is 3.34. The summed E-state index contributed by atoms with van der Waals surface area (Å²) in [4.78, 5) is 19.6. The number of thiophene rings is 1. The van der Waals surface area contributed by atoms with Crippen LogP contribution in [0.4, 0.5) is 11.4 Å². The van der Waals surface area contributed by atoms with Gasteiger partial charge in [0.2, 0.25) is 0 Å². The van der Waals surface area contributed by atoms with Gasteiger partial charge in [0, 0.05) is 26.2 Å². The third-order valence-corrected chi connectivity index (χ3v) is 4.49. The Labute approximate surface area is 115 Å². The van der Waals surface area contributed by atoms with Crippen molar-refractivity contribution in [3.63, 3.8) is 0 Å². The number of ether oxygens (including phenoxy) is 1. The van der Waals surface area contributed by atoms with E-state index >= 15 is 0 Å². The van der Waals surface area contributed by atoms with Gasteiger partial charge in [0.1, 0.15) is 4.83 Å². The molecular weight excluding hydrogens is 262 g/mol. The van der Waals surface area contributed by atoms with Crippen LogP contribution >= 0.6 is 11.3 Å². The minimum atomic E-state index is -0.00609. The van der Waals surface area contributed by atoms with Crippen molar-refractivity contribution in [1.82, 2.24) is 4.98 Å². The smallest absolute Gasteiger partial charge is 0.171 e. The molecule has 0 atom stereocenters. The Bertz CT molecular complexity index is 632. The lowest BCUT2D eigenvalue weighted by Gasteiger charge is -2.29. The van der Waals surface area contributed by atoms with E-state index in [1.54, 1.807) is 6.20 Å². The van der Waals surface area contributed by atoms with Crippen LogP contribution in [0.2, 0.25) is 0 Å². The van der Waals surface area contributed by atoms with Crippen LogP contribution in [0.15, 0.2) is 12.3 Å². The molecule has 2 aromatic rings. The van der Waals surface area contributed by atoms with E-state index in [0.29, 0.717) is 23.8 Å². The van der Waals surface area contributed by atoms with Crippen LogP contribution in [-0.4, -0.2) is 37.1 Å². The zero-order chi connectivity index (χ0) is 13.4. The van der Waals surface area contributed by atoms with Gasteiger partial charge in [-0.25, -0.2) is 4.98 Å². The van der Waals surface area contributed by atoms with Crippen molar-refractivity contribution in [3.05, 3.63) is 17.1 Å². The van der Waals surface area contributed by atoms with E-state index in [1.807, 2.05) is 6.07 Å². The van der Waals surface area contributed by atoms with Crippen molar-refractivity contribution in [1.29, 1.82) is 0 Å². The van der Waals surface area contributed by atoms with Crippen molar-refractivity contribution < 1.29 is 9.53 Å². The summed E-state index contributed by atoms with van der Waals surface area (Å²) in [7, 11) is 0.